The fourth-order valence-corrected chi connectivity index (χ4v) is 3.35. The summed E-state index contributed by atoms with van der Waals surface area (Å²) in [5, 5.41) is 21.7. The minimum Gasteiger partial charge on any atom is -0.258 e. The number of halogens is 3. The molecule has 0 saturated heterocycles. The summed E-state index contributed by atoms with van der Waals surface area (Å²) in [6, 6.07) is 6.06. The van der Waals surface area contributed by atoms with Gasteiger partial charge in [-0.15, -0.1) is 0 Å². The number of hydrogen-bond acceptors (Lipinski definition) is 6. The van der Waals surface area contributed by atoms with Crippen molar-refractivity contribution in [3.8, 4) is 0 Å². The number of benzene rings is 2. The lowest BCUT2D eigenvalue weighted by molar-refractivity contribution is -0.396. The molecule has 0 aliphatic rings. The van der Waals surface area contributed by atoms with Crippen LogP contribution in [0.15, 0.2) is 47.4 Å². The Balaban J connectivity index is 2.39. The number of rotatable bonds is 6. The van der Waals surface area contributed by atoms with Crippen molar-refractivity contribution in [2.24, 2.45) is 0 Å². The quantitative estimate of drug-likeness (QED) is 0.580. The number of nitrogens with one attached hydrogen (secondary N) is 1. The number of nitrogens with zero attached hydrogens (tertiary/aromatic N) is 2. The lowest BCUT2D eigenvalue weighted by atomic mass is 10.1. The van der Waals surface area contributed by atoms with Gasteiger partial charge in [0.2, 0.25) is 10.0 Å². The molecule has 0 amide bonds. The fourth-order valence-electron chi connectivity index (χ4n) is 2.19. The lowest BCUT2D eigenvalue weighted by Gasteiger charge is -2.13. The second-order valence-electron chi connectivity index (χ2n) is 5.15. The topological polar surface area (TPSA) is 132 Å². The Hall–Kier alpha value is -3.06. The van der Waals surface area contributed by atoms with Crippen molar-refractivity contribution in [1.29, 1.82) is 0 Å². The second-order valence-corrected chi connectivity index (χ2v) is 6.88. The first-order chi connectivity index (χ1) is 12.4. The number of nitro groups is 2. The van der Waals surface area contributed by atoms with E-state index in [9.17, 15) is 41.8 Å². The summed E-state index contributed by atoms with van der Waals surface area (Å²) >= 11 is 0. The smallest absolute Gasteiger partial charge is 0.258 e. The third-order valence-corrected chi connectivity index (χ3v) is 4.86. The van der Waals surface area contributed by atoms with Gasteiger partial charge < -0.3 is 0 Å². The van der Waals surface area contributed by atoms with E-state index < -0.39 is 60.0 Å². The molecule has 0 radical (unpaired) electrons. The van der Waals surface area contributed by atoms with Gasteiger partial charge in [-0.1, -0.05) is 18.2 Å². The molecule has 13 heteroatoms. The number of alkyl halides is 3. The zero-order valence-corrected chi connectivity index (χ0v) is 14.0. The monoisotopic (exact) mass is 405 g/mol. The van der Waals surface area contributed by atoms with Gasteiger partial charge in [-0.2, -0.15) is 13.2 Å². The maximum atomic E-state index is 13.0. The molecule has 0 unspecified atom stereocenters. The highest BCUT2D eigenvalue weighted by atomic mass is 32.2. The standard InChI is InChI=1S/C14H10F3N3O6S/c15-14(16,17)11-4-2-1-3-9(11)8-18-27(25,26)13-6-5-10(19(21)22)7-12(13)20(23)24/h1-7,18H,8H2. The first kappa shape index (κ1) is 20.3. The van der Waals surface area contributed by atoms with Gasteiger partial charge in [0.25, 0.3) is 11.4 Å². The largest absolute Gasteiger partial charge is 0.416 e. The highest BCUT2D eigenvalue weighted by Gasteiger charge is 2.34. The Bertz CT molecular complexity index is 1010. The van der Waals surface area contributed by atoms with Crippen LogP contribution in [0.5, 0.6) is 0 Å². The van der Waals surface area contributed by atoms with Gasteiger partial charge in [-0.05, 0) is 17.7 Å². The highest BCUT2D eigenvalue weighted by molar-refractivity contribution is 7.89. The fraction of sp³-hybridized carbons (Fsp3) is 0.143. The molecular formula is C14H10F3N3O6S. The molecule has 0 heterocycles. The van der Waals surface area contributed by atoms with Crippen molar-refractivity contribution >= 4 is 21.4 Å². The average molecular weight is 405 g/mol. The maximum Gasteiger partial charge on any atom is 0.416 e. The molecular weight excluding hydrogens is 395 g/mol. The lowest BCUT2D eigenvalue weighted by Crippen LogP contribution is -2.25. The zero-order valence-electron chi connectivity index (χ0n) is 13.1. The predicted molar refractivity (Wildman–Crippen MR) is 85.2 cm³/mol. The van der Waals surface area contributed by atoms with E-state index in [-0.39, 0.29) is 0 Å². The number of sulfonamides is 1. The van der Waals surface area contributed by atoms with E-state index >= 15 is 0 Å². The normalized spacial score (nSPS) is 12.0. The minimum atomic E-state index is -4.72. The molecule has 2 aromatic rings. The van der Waals surface area contributed by atoms with E-state index in [1.807, 2.05) is 4.72 Å². The number of non-ortho nitro benzene ring substituents is 1. The van der Waals surface area contributed by atoms with Gasteiger partial charge in [-0.25, -0.2) is 13.1 Å². The van der Waals surface area contributed by atoms with E-state index in [4.69, 9.17) is 0 Å². The Morgan fingerprint density at radius 3 is 2.19 bits per heavy atom. The Morgan fingerprint density at radius 2 is 1.63 bits per heavy atom. The van der Waals surface area contributed by atoms with Gasteiger partial charge in [0.05, 0.1) is 21.5 Å². The van der Waals surface area contributed by atoms with Gasteiger partial charge in [-0.3, -0.25) is 20.2 Å². The summed E-state index contributed by atoms with van der Waals surface area (Å²) < 4.78 is 65.3. The van der Waals surface area contributed by atoms with Crippen LogP contribution in [0.2, 0.25) is 0 Å². The number of hydrogen-bond donors (Lipinski definition) is 1. The summed E-state index contributed by atoms with van der Waals surface area (Å²) in [4.78, 5) is 18.8. The van der Waals surface area contributed by atoms with Crippen LogP contribution < -0.4 is 4.72 Å². The Kier molecular flexibility index (Phi) is 5.46. The van der Waals surface area contributed by atoms with E-state index in [0.717, 1.165) is 24.3 Å². The van der Waals surface area contributed by atoms with Crippen LogP contribution in [-0.4, -0.2) is 18.3 Å². The first-order valence-corrected chi connectivity index (χ1v) is 8.49. The summed E-state index contributed by atoms with van der Waals surface area (Å²) in [6.45, 7) is -0.786. The molecule has 27 heavy (non-hydrogen) atoms. The summed E-state index contributed by atoms with van der Waals surface area (Å²) in [6.07, 6.45) is -4.72. The van der Waals surface area contributed by atoms with Crippen LogP contribution in [0.4, 0.5) is 24.5 Å². The van der Waals surface area contributed by atoms with Crippen LogP contribution >= 0.6 is 0 Å². The molecule has 0 spiro atoms. The maximum absolute atomic E-state index is 13.0. The average Bonchev–Trinajstić information content (AvgIpc) is 2.58. The van der Waals surface area contributed by atoms with Gasteiger partial charge in [0.15, 0.2) is 4.90 Å². The van der Waals surface area contributed by atoms with Crippen molar-refractivity contribution in [3.63, 3.8) is 0 Å². The van der Waals surface area contributed by atoms with Crippen molar-refractivity contribution in [2.45, 2.75) is 17.6 Å². The highest BCUT2D eigenvalue weighted by Crippen LogP contribution is 2.32. The molecule has 2 rings (SSSR count). The van der Waals surface area contributed by atoms with Gasteiger partial charge >= 0.3 is 6.18 Å². The van der Waals surface area contributed by atoms with Crippen LogP contribution in [0.1, 0.15) is 11.1 Å². The Labute approximate surface area is 149 Å². The molecule has 0 aliphatic heterocycles. The van der Waals surface area contributed by atoms with Crippen LogP contribution in [0.3, 0.4) is 0 Å². The summed E-state index contributed by atoms with van der Waals surface area (Å²) in [7, 11) is -4.62. The molecule has 0 aliphatic carbocycles. The second kappa shape index (κ2) is 7.28. The van der Waals surface area contributed by atoms with Crippen molar-refractivity contribution in [3.05, 3.63) is 73.8 Å². The van der Waals surface area contributed by atoms with Crippen LogP contribution in [0.25, 0.3) is 0 Å². The van der Waals surface area contributed by atoms with Crippen LogP contribution in [0, 0.1) is 20.2 Å². The molecule has 0 aromatic heterocycles. The summed E-state index contributed by atoms with van der Waals surface area (Å²) in [5.74, 6) is 0. The third-order valence-electron chi connectivity index (χ3n) is 3.41. The molecule has 1 N–H and O–H groups in total. The van der Waals surface area contributed by atoms with E-state index in [2.05, 4.69) is 0 Å². The molecule has 0 saturated carbocycles. The van der Waals surface area contributed by atoms with E-state index in [1.54, 1.807) is 0 Å². The first-order valence-electron chi connectivity index (χ1n) is 7.01. The van der Waals surface area contributed by atoms with Crippen LogP contribution in [-0.2, 0) is 22.7 Å². The van der Waals surface area contributed by atoms with E-state index in [1.165, 1.54) is 6.07 Å². The molecule has 144 valence electrons. The van der Waals surface area contributed by atoms with E-state index in [0.29, 0.717) is 12.1 Å². The third kappa shape index (κ3) is 4.57. The van der Waals surface area contributed by atoms with Gasteiger partial charge in [0.1, 0.15) is 0 Å². The van der Waals surface area contributed by atoms with Crippen molar-refractivity contribution < 1.29 is 31.4 Å². The minimum absolute atomic E-state index is 0.391. The zero-order chi connectivity index (χ0) is 20.4. The summed E-state index contributed by atoms with van der Waals surface area (Å²) in [5.41, 5.74) is -3.23. The molecule has 2 aromatic carbocycles. The molecule has 0 fully saturated rings. The van der Waals surface area contributed by atoms with Crippen molar-refractivity contribution in [2.75, 3.05) is 0 Å². The molecule has 9 nitrogen and oxygen atoms in total. The number of nitro benzene ring substituents is 2. The van der Waals surface area contributed by atoms with Gasteiger partial charge in [0, 0.05) is 12.6 Å². The molecule has 0 bridgehead atoms. The molecule has 0 atom stereocenters. The van der Waals surface area contributed by atoms with Crippen molar-refractivity contribution in [1.82, 2.24) is 4.72 Å². The SMILES string of the molecule is O=[N+]([O-])c1ccc(S(=O)(=O)NCc2ccccc2C(F)(F)F)c([N+](=O)[O-])c1. The Morgan fingerprint density at radius 1 is 1.00 bits per heavy atom. The predicted octanol–water partition coefficient (Wildman–Crippen LogP) is 3.00.